The number of terminal acetylenes is 1. The lowest BCUT2D eigenvalue weighted by atomic mass is 9.94. The third-order valence-electron chi connectivity index (χ3n) is 3.80. The normalized spacial score (nSPS) is 21.9. The highest BCUT2D eigenvalue weighted by molar-refractivity contribution is 5.61. The van der Waals surface area contributed by atoms with Crippen molar-refractivity contribution in [2.24, 2.45) is 0 Å². The highest BCUT2D eigenvalue weighted by Crippen LogP contribution is 2.50. The van der Waals surface area contributed by atoms with E-state index in [0.717, 1.165) is 39.1 Å². The molecular weight excluding hydrogens is 210 g/mol. The van der Waals surface area contributed by atoms with E-state index in [9.17, 15) is 0 Å². The van der Waals surface area contributed by atoms with Gasteiger partial charge in [-0.25, -0.2) is 0 Å². The second-order valence-corrected chi connectivity index (χ2v) is 4.84. The van der Waals surface area contributed by atoms with E-state index in [0.29, 0.717) is 0 Å². The molecule has 1 aromatic rings. The lowest BCUT2D eigenvalue weighted by molar-refractivity contribution is 0.122. The molecule has 0 aromatic heterocycles. The fraction of sp³-hybridized carbons (Fsp3) is 0.467. The summed E-state index contributed by atoms with van der Waals surface area (Å²) in [6.07, 6.45) is 7.97. The number of morpholine rings is 1. The molecule has 1 heterocycles. The molecule has 2 fully saturated rings. The summed E-state index contributed by atoms with van der Waals surface area (Å²) in [6, 6.07) is 8.58. The van der Waals surface area contributed by atoms with Crippen molar-refractivity contribution in [3.8, 4) is 12.3 Å². The Hall–Kier alpha value is -1.46. The lowest BCUT2D eigenvalue weighted by Gasteiger charge is -2.31. The Morgan fingerprint density at radius 2 is 1.88 bits per heavy atom. The van der Waals surface area contributed by atoms with Gasteiger partial charge in [0.15, 0.2) is 0 Å². The summed E-state index contributed by atoms with van der Waals surface area (Å²) in [4.78, 5) is 2.40. The Kier molecular flexibility index (Phi) is 2.57. The minimum absolute atomic E-state index is 0.0227. The third kappa shape index (κ3) is 1.81. The molecule has 0 spiro atoms. The number of hydrogen-bond acceptors (Lipinski definition) is 2. The summed E-state index contributed by atoms with van der Waals surface area (Å²) in [5.41, 5.74) is 2.67. The Balaban J connectivity index is 1.96. The van der Waals surface area contributed by atoms with Crippen molar-refractivity contribution in [3.05, 3.63) is 29.8 Å². The monoisotopic (exact) mass is 227 g/mol. The number of nitrogens with zero attached hydrogens (tertiary/aromatic N) is 1. The van der Waals surface area contributed by atoms with Gasteiger partial charge in [-0.05, 0) is 24.5 Å². The van der Waals surface area contributed by atoms with E-state index >= 15 is 0 Å². The SMILES string of the molecule is C#CC1(c2ccccc2N2CCOCC2)CC1. The zero-order valence-corrected chi connectivity index (χ0v) is 9.98. The summed E-state index contributed by atoms with van der Waals surface area (Å²) in [5.74, 6) is 2.99. The number of anilines is 1. The van der Waals surface area contributed by atoms with Crippen molar-refractivity contribution >= 4 is 5.69 Å². The van der Waals surface area contributed by atoms with E-state index in [1.54, 1.807) is 0 Å². The summed E-state index contributed by atoms with van der Waals surface area (Å²) < 4.78 is 5.41. The number of benzene rings is 1. The number of ether oxygens (including phenoxy) is 1. The Morgan fingerprint density at radius 3 is 2.53 bits per heavy atom. The molecule has 0 bridgehead atoms. The van der Waals surface area contributed by atoms with Crippen LogP contribution in [0.25, 0.3) is 0 Å². The Labute approximate surface area is 103 Å². The van der Waals surface area contributed by atoms with E-state index in [4.69, 9.17) is 11.2 Å². The summed E-state index contributed by atoms with van der Waals surface area (Å²) >= 11 is 0. The van der Waals surface area contributed by atoms with Crippen molar-refractivity contribution in [1.82, 2.24) is 0 Å². The average Bonchev–Trinajstić information content (AvgIpc) is 3.21. The quantitative estimate of drug-likeness (QED) is 0.718. The van der Waals surface area contributed by atoms with Gasteiger partial charge in [0.2, 0.25) is 0 Å². The van der Waals surface area contributed by atoms with Gasteiger partial charge >= 0.3 is 0 Å². The number of hydrogen-bond donors (Lipinski definition) is 0. The van der Waals surface area contributed by atoms with Crippen LogP contribution in [0.3, 0.4) is 0 Å². The van der Waals surface area contributed by atoms with Crippen LogP contribution in [0.1, 0.15) is 18.4 Å². The van der Waals surface area contributed by atoms with E-state index in [2.05, 4.69) is 35.1 Å². The second kappa shape index (κ2) is 4.09. The molecule has 1 aromatic carbocycles. The minimum atomic E-state index is 0.0227. The van der Waals surface area contributed by atoms with Crippen LogP contribution in [0, 0.1) is 12.3 Å². The van der Waals surface area contributed by atoms with Gasteiger partial charge < -0.3 is 9.64 Å². The first-order valence-electron chi connectivity index (χ1n) is 6.26. The molecule has 1 saturated heterocycles. The van der Waals surface area contributed by atoms with Crippen LogP contribution < -0.4 is 4.90 Å². The van der Waals surface area contributed by atoms with Crippen molar-refractivity contribution in [1.29, 1.82) is 0 Å². The standard InChI is InChI=1S/C15H17NO/c1-2-15(7-8-15)13-5-3-4-6-14(13)16-9-11-17-12-10-16/h1,3-6H,7-12H2. The molecule has 1 aliphatic carbocycles. The van der Waals surface area contributed by atoms with Crippen LogP contribution in [0.5, 0.6) is 0 Å². The zero-order valence-electron chi connectivity index (χ0n) is 9.98. The molecule has 3 rings (SSSR count). The molecule has 0 radical (unpaired) electrons. The van der Waals surface area contributed by atoms with Crippen LogP contribution in [-0.4, -0.2) is 26.3 Å². The molecule has 2 heteroatoms. The van der Waals surface area contributed by atoms with Gasteiger partial charge in [0.1, 0.15) is 0 Å². The first kappa shape index (κ1) is 10.7. The van der Waals surface area contributed by atoms with Crippen LogP contribution in [-0.2, 0) is 10.2 Å². The number of rotatable bonds is 2. The lowest BCUT2D eigenvalue weighted by Crippen LogP contribution is -2.37. The molecular formula is C15H17NO. The van der Waals surface area contributed by atoms with E-state index in [-0.39, 0.29) is 5.41 Å². The molecule has 1 saturated carbocycles. The fourth-order valence-electron chi connectivity index (χ4n) is 2.57. The van der Waals surface area contributed by atoms with Gasteiger partial charge in [0.05, 0.1) is 18.6 Å². The second-order valence-electron chi connectivity index (χ2n) is 4.84. The molecule has 0 N–H and O–H groups in total. The maximum atomic E-state index is 5.71. The summed E-state index contributed by atoms with van der Waals surface area (Å²) in [7, 11) is 0. The fourth-order valence-corrected chi connectivity index (χ4v) is 2.57. The molecule has 0 atom stereocenters. The average molecular weight is 227 g/mol. The minimum Gasteiger partial charge on any atom is -0.378 e. The molecule has 0 amide bonds. The van der Waals surface area contributed by atoms with Crippen LogP contribution in [0.15, 0.2) is 24.3 Å². The first-order chi connectivity index (χ1) is 8.36. The van der Waals surface area contributed by atoms with E-state index in [1.165, 1.54) is 11.3 Å². The van der Waals surface area contributed by atoms with Crippen molar-refractivity contribution in [3.63, 3.8) is 0 Å². The molecule has 17 heavy (non-hydrogen) atoms. The van der Waals surface area contributed by atoms with Crippen LogP contribution >= 0.6 is 0 Å². The van der Waals surface area contributed by atoms with Gasteiger partial charge in [-0.15, -0.1) is 6.42 Å². The molecule has 0 unspecified atom stereocenters. The Bertz CT molecular complexity index is 450. The van der Waals surface area contributed by atoms with Gasteiger partial charge in [-0.2, -0.15) is 0 Å². The highest BCUT2D eigenvalue weighted by Gasteiger charge is 2.44. The zero-order chi connectivity index (χ0) is 11.7. The maximum absolute atomic E-state index is 5.71. The van der Waals surface area contributed by atoms with Crippen molar-refractivity contribution < 1.29 is 4.74 Å². The summed E-state index contributed by atoms with van der Waals surface area (Å²) in [5, 5.41) is 0. The van der Waals surface area contributed by atoms with Gasteiger partial charge in [0.25, 0.3) is 0 Å². The van der Waals surface area contributed by atoms with E-state index in [1.807, 2.05) is 0 Å². The van der Waals surface area contributed by atoms with Gasteiger partial charge in [-0.1, -0.05) is 24.1 Å². The van der Waals surface area contributed by atoms with Crippen molar-refractivity contribution in [2.75, 3.05) is 31.2 Å². The number of para-hydroxylation sites is 1. The summed E-state index contributed by atoms with van der Waals surface area (Å²) in [6.45, 7) is 3.57. The topological polar surface area (TPSA) is 12.5 Å². The maximum Gasteiger partial charge on any atom is 0.0642 e. The van der Waals surface area contributed by atoms with Crippen LogP contribution in [0.2, 0.25) is 0 Å². The Morgan fingerprint density at radius 1 is 1.18 bits per heavy atom. The predicted octanol–water partition coefficient (Wildman–Crippen LogP) is 2.19. The van der Waals surface area contributed by atoms with Crippen molar-refractivity contribution in [2.45, 2.75) is 18.3 Å². The largest absolute Gasteiger partial charge is 0.378 e. The van der Waals surface area contributed by atoms with Gasteiger partial charge in [0, 0.05) is 18.8 Å². The smallest absolute Gasteiger partial charge is 0.0642 e. The molecule has 2 nitrogen and oxygen atoms in total. The third-order valence-corrected chi connectivity index (χ3v) is 3.80. The van der Waals surface area contributed by atoms with Crippen LogP contribution in [0.4, 0.5) is 5.69 Å². The highest BCUT2D eigenvalue weighted by atomic mass is 16.5. The first-order valence-corrected chi connectivity index (χ1v) is 6.26. The molecule has 1 aliphatic heterocycles. The molecule has 88 valence electrons. The van der Waals surface area contributed by atoms with Gasteiger partial charge in [-0.3, -0.25) is 0 Å². The molecule has 2 aliphatic rings. The predicted molar refractivity (Wildman–Crippen MR) is 69.2 cm³/mol. The van der Waals surface area contributed by atoms with E-state index < -0.39 is 0 Å².